The molecule has 22 heavy (non-hydrogen) atoms. The van der Waals surface area contributed by atoms with Gasteiger partial charge in [-0.3, -0.25) is 0 Å². The molecule has 0 radical (unpaired) electrons. The Labute approximate surface area is 136 Å². The van der Waals surface area contributed by atoms with Gasteiger partial charge in [-0.15, -0.1) is 12.4 Å². The van der Waals surface area contributed by atoms with Gasteiger partial charge in [0.15, 0.2) is 0 Å². The zero-order valence-corrected chi connectivity index (χ0v) is 14.1. The van der Waals surface area contributed by atoms with Crippen molar-refractivity contribution in [1.29, 1.82) is 0 Å². The van der Waals surface area contributed by atoms with Crippen molar-refractivity contribution in [3.8, 4) is 0 Å². The third-order valence-electron chi connectivity index (χ3n) is 3.50. The predicted octanol–water partition coefficient (Wildman–Crippen LogP) is 1.07. The molecule has 1 aromatic heterocycles. The molecule has 0 bridgehead atoms. The topological polar surface area (TPSA) is 112 Å². The Kier molecular flexibility index (Phi) is 6.42. The van der Waals surface area contributed by atoms with Crippen LogP contribution in [0.2, 0.25) is 0 Å². The van der Waals surface area contributed by atoms with Gasteiger partial charge in [-0.2, -0.15) is 0 Å². The first-order chi connectivity index (χ1) is 9.89. The highest BCUT2D eigenvalue weighted by atomic mass is 35.5. The van der Waals surface area contributed by atoms with Gasteiger partial charge in [0.2, 0.25) is 15.8 Å². The summed E-state index contributed by atoms with van der Waals surface area (Å²) in [6, 6.07) is 1.01. The number of rotatable bonds is 7. The fourth-order valence-corrected chi connectivity index (χ4v) is 3.38. The van der Waals surface area contributed by atoms with Crippen molar-refractivity contribution in [3.05, 3.63) is 17.6 Å². The molecule has 0 aromatic carbocycles. The number of sulfonamides is 1. The number of methoxy groups -OCH3 is 1. The van der Waals surface area contributed by atoms with E-state index in [1.165, 1.54) is 13.2 Å². The zero-order chi connectivity index (χ0) is 15.6. The molecule has 1 unspecified atom stereocenters. The van der Waals surface area contributed by atoms with E-state index in [1.807, 2.05) is 0 Å². The molecule has 1 saturated carbocycles. The summed E-state index contributed by atoms with van der Waals surface area (Å²) in [6.45, 7) is 1.92. The molecule has 0 saturated heterocycles. The van der Waals surface area contributed by atoms with Crippen LogP contribution >= 0.6 is 12.4 Å². The number of esters is 1. The van der Waals surface area contributed by atoms with Gasteiger partial charge in [0.1, 0.15) is 10.7 Å². The minimum Gasteiger partial charge on any atom is -0.463 e. The number of aryl methyl sites for hydroxylation is 1. The van der Waals surface area contributed by atoms with E-state index in [0.29, 0.717) is 12.3 Å². The van der Waals surface area contributed by atoms with Gasteiger partial charge in [0, 0.05) is 25.1 Å². The van der Waals surface area contributed by atoms with Crippen molar-refractivity contribution in [2.75, 3.05) is 13.7 Å². The second-order valence-corrected chi connectivity index (χ2v) is 6.83. The first-order valence-electron chi connectivity index (χ1n) is 6.85. The third kappa shape index (κ3) is 4.22. The number of carbonyl (C=O) groups is 1. The van der Waals surface area contributed by atoms with Crippen LogP contribution < -0.4 is 10.5 Å². The molecule has 1 aromatic rings. The van der Waals surface area contributed by atoms with Crippen molar-refractivity contribution >= 4 is 28.4 Å². The van der Waals surface area contributed by atoms with Crippen LogP contribution in [0.15, 0.2) is 15.4 Å². The van der Waals surface area contributed by atoms with Crippen molar-refractivity contribution in [3.63, 3.8) is 0 Å². The van der Waals surface area contributed by atoms with E-state index in [9.17, 15) is 13.2 Å². The Morgan fingerprint density at radius 2 is 2.18 bits per heavy atom. The number of nitrogens with two attached hydrogens (primary N) is 1. The number of carbonyl (C=O) groups excluding carboxylic acids is 1. The van der Waals surface area contributed by atoms with Gasteiger partial charge in [0.25, 0.3) is 0 Å². The lowest BCUT2D eigenvalue weighted by Gasteiger charge is -2.11. The summed E-state index contributed by atoms with van der Waals surface area (Å²) in [5.41, 5.74) is 5.89. The fraction of sp³-hybridized carbons (Fsp3) is 0.615. The summed E-state index contributed by atoms with van der Waals surface area (Å²) >= 11 is 0. The average molecular weight is 353 g/mol. The van der Waals surface area contributed by atoms with Crippen LogP contribution in [0.3, 0.4) is 0 Å². The van der Waals surface area contributed by atoms with Crippen molar-refractivity contribution < 1.29 is 22.4 Å². The summed E-state index contributed by atoms with van der Waals surface area (Å²) < 4.78 is 36.9. The highest BCUT2D eigenvalue weighted by molar-refractivity contribution is 7.89. The Hall–Kier alpha value is -1.09. The molecular weight excluding hydrogens is 332 g/mol. The molecule has 1 aliphatic rings. The molecule has 1 aliphatic carbocycles. The molecule has 1 atom stereocenters. The summed E-state index contributed by atoms with van der Waals surface area (Å²) in [7, 11) is -2.55. The standard InChI is InChI=1S/C13H20N2O5S.ClH/c1-3-10-12(6-11(20-10)13(16)19-2)21(17,18)15-7-9(14)8-4-5-8;/h6,8-9,15H,3-5,7,14H2,1-2H3;1H. The minimum absolute atomic E-state index is 0. The minimum atomic E-state index is -3.76. The van der Waals surface area contributed by atoms with E-state index in [0.717, 1.165) is 12.8 Å². The SMILES string of the molecule is CCc1oc(C(=O)OC)cc1S(=O)(=O)NCC(N)C1CC1.Cl. The summed E-state index contributed by atoms with van der Waals surface area (Å²) in [6.07, 6.45) is 2.44. The number of halogens is 1. The van der Waals surface area contributed by atoms with E-state index in [2.05, 4.69) is 9.46 Å². The average Bonchev–Trinajstić information content (AvgIpc) is 3.22. The maximum atomic E-state index is 12.3. The molecule has 1 heterocycles. The van der Waals surface area contributed by atoms with E-state index in [4.69, 9.17) is 10.2 Å². The molecule has 126 valence electrons. The van der Waals surface area contributed by atoms with Crippen molar-refractivity contribution in [2.45, 2.75) is 37.1 Å². The third-order valence-corrected chi connectivity index (χ3v) is 4.98. The van der Waals surface area contributed by atoms with E-state index >= 15 is 0 Å². The maximum absolute atomic E-state index is 12.3. The second kappa shape index (κ2) is 7.45. The van der Waals surface area contributed by atoms with Crippen molar-refractivity contribution in [2.24, 2.45) is 11.7 Å². The molecule has 2 rings (SSSR count). The predicted molar refractivity (Wildman–Crippen MR) is 82.6 cm³/mol. The van der Waals surface area contributed by atoms with Crippen LogP contribution in [0.25, 0.3) is 0 Å². The first-order valence-corrected chi connectivity index (χ1v) is 8.33. The molecule has 7 nitrogen and oxygen atoms in total. The first kappa shape index (κ1) is 19.0. The Balaban J connectivity index is 0.00000242. The fourth-order valence-electron chi connectivity index (χ4n) is 2.06. The second-order valence-electron chi connectivity index (χ2n) is 5.10. The number of hydrogen-bond donors (Lipinski definition) is 2. The number of furan rings is 1. The largest absolute Gasteiger partial charge is 0.463 e. The van der Waals surface area contributed by atoms with E-state index < -0.39 is 16.0 Å². The molecule has 1 fully saturated rings. The normalized spacial score (nSPS) is 16.0. The summed E-state index contributed by atoms with van der Waals surface area (Å²) in [4.78, 5) is 11.4. The van der Waals surface area contributed by atoms with Crippen molar-refractivity contribution in [1.82, 2.24) is 4.72 Å². The van der Waals surface area contributed by atoms with Gasteiger partial charge in [-0.25, -0.2) is 17.9 Å². The van der Waals surface area contributed by atoms with Gasteiger partial charge in [-0.05, 0) is 18.8 Å². The Morgan fingerprint density at radius 1 is 1.55 bits per heavy atom. The van der Waals surface area contributed by atoms with Gasteiger partial charge >= 0.3 is 5.97 Å². The molecule has 0 spiro atoms. The lowest BCUT2D eigenvalue weighted by molar-refractivity contribution is 0.0563. The van der Waals surface area contributed by atoms with Crippen LogP contribution in [0.4, 0.5) is 0 Å². The Bertz CT molecular complexity index is 624. The lowest BCUT2D eigenvalue weighted by atomic mass is 10.2. The van der Waals surface area contributed by atoms with E-state index in [-0.39, 0.29) is 41.4 Å². The number of ether oxygens (including phenoxy) is 1. The zero-order valence-electron chi connectivity index (χ0n) is 12.5. The number of hydrogen-bond acceptors (Lipinski definition) is 6. The molecule has 3 N–H and O–H groups in total. The van der Waals surface area contributed by atoms with Crippen LogP contribution in [-0.2, 0) is 21.2 Å². The monoisotopic (exact) mass is 352 g/mol. The molecule has 0 amide bonds. The van der Waals surface area contributed by atoms with Gasteiger partial charge in [-0.1, -0.05) is 6.92 Å². The summed E-state index contributed by atoms with van der Waals surface area (Å²) in [5, 5.41) is 0. The molecule has 9 heteroatoms. The smallest absolute Gasteiger partial charge is 0.373 e. The van der Waals surface area contributed by atoms with Gasteiger partial charge < -0.3 is 14.9 Å². The van der Waals surface area contributed by atoms with Crippen LogP contribution in [0.1, 0.15) is 36.1 Å². The highest BCUT2D eigenvalue weighted by Crippen LogP contribution is 2.31. The summed E-state index contributed by atoms with van der Waals surface area (Å²) in [5.74, 6) is -0.210. The highest BCUT2D eigenvalue weighted by Gasteiger charge is 2.31. The molecule has 0 aliphatic heterocycles. The quantitative estimate of drug-likeness (QED) is 0.710. The van der Waals surface area contributed by atoms with Crippen LogP contribution in [-0.4, -0.2) is 34.1 Å². The van der Waals surface area contributed by atoms with E-state index in [1.54, 1.807) is 6.92 Å². The number of nitrogens with one attached hydrogen (secondary N) is 1. The van der Waals surface area contributed by atoms with Gasteiger partial charge in [0.05, 0.1) is 7.11 Å². The maximum Gasteiger partial charge on any atom is 0.373 e. The van der Waals surface area contributed by atoms with Crippen LogP contribution in [0, 0.1) is 5.92 Å². The van der Waals surface area contributed by atoms with Crippen LogP contribution in [0.5, 0.6) is 0 Å². The molecular formula is C13H21ClN2O5S. The lowest BCUT2D eigenvalue weighted by Crippen LogP contribution is -2.38. The Morgan fingerprint density at radius 3 is 2.68 bits per heavy atom.